The van der Waals surface area contributed by atoms with E-state index in [-0.39, 0.29) is 23.0 Å². The SMILES string of the molecule is CC(Sc1ccccc1)C(=O)NC1CCSc2ccc(F)cc21. The van der Waals surface area contributed by atoms with Gasteiger partial charge in [-0.15, -0.1) is 23.5 Å². The van der Waals surface area contributed by atoms with Gasteiger partial charge in [0.05, 0.1) is 11.3 Å². The van der Waals surface area contributed by atoms with Gasteiger partial charge in [-0.25, -0.2) is 4.39 Å². The Bertz CT molecular complexity index is 693. The van der Waals surface area contributed by atoms with Crippen LogP contribution in [0.1, 0.15) is 24.9 Å². The molecule has 2 atom stereocenters. The third kappa shape index (κ3) is 4.09. The number of amides is 1. The van der Waals surface area contributed by atoms with Gasteiger partial charge in [0.15, 0.2) is 0 Å². The Hall–Kier alpha value is -1.46. The Morgan fingerprint density at radius 3 is 2.87 bits per heavy atom. The number of hydrogen-bond acceptors (Lipinski definition) is 3. The molecule has 0 aromatic heterocycles. The quantitative estimate of drug-likeness (QED) is 0.816. The molecular weight excluding hydrogens is 329 g/mol. The average molecular weight is 347 g/mol. The lowest BCUT2D eigenvalue weighted by molar-refractivity contribution is -0.121. The van der Waals surface area contributed by atoms with Crippen molar-refractivity contribution in [3.05, 3.63) is 59.9 Å². The zero-order valence-corrected chi connectivity index (χ0v) is 14.4. The van der Waals surface area contributed by atoms with Crippen molar-refractivity contribution in [2.24, 2.45) is 0 Å². The molecule has 23 heavy (non-hydrogen) atoms. The Morgan fingerprint density at radius 1 is 1.30 bits per heavy atom. The van der Waals surface area contributed by atoms with Gasteiger partial charge in [-0.1, -0.05) is 18.2 Å². The second kappa shape index (κ2) is 7.41. The van der Waals surface area contributed by atoms with Crippen LogP contribution in [0.5, 0.6) is 0 Å². The number of carbonyl (C=O) groups excluding carboxylic acids is 1. The van der Waals surface area contributed by atoms with Crippen LogP contribution in [0.25, 0.3) is 0 Å². The Morgan fingerprint density at radius 2 is 2.09 bits per heavy atom. The van der Waals surface area contributed by atoms with Crippen molar-refractivity contribution in [2.75, 3.05) is 5.75 Å². The van der Waals surface area contributed by atoms with Crippen molar-refractivity contribution < 1.29 is 9.18 Å². The van der Waals surface area contributed by atoms with Crippen molar-refractivity contribution in [1.82, 2.24) is 5.32 Å². The highest BCUT2D eigenvalue weighted by molar-refractivity contribution is 8.00. The van der Waals surface area contributed by atoms with E-state index in [1.165, 1.54) is 17.8 Å². The maximum atomic E-state index is 13.5. The van der Waals surface area contributed by atoms with E-state index in [0.717, 1.165) is 27.5 Å². The molecule has 120 valence electrons. The van der Waals surface area contributed by atoms with Crippen LogP contribution >= 0.6 is 23.5 Å². The number of benzene rings is 2. The number of rotatable bonds is 4. The number of halogens is 1. The molecule has 0 saturated heterocycles. The summed E-state index contributed by atoms with van der Waals surface area (Å²) >= 11 is 3.25. The monoisotopic (exact) mass is 347 g/mol. The summed E-state index contributed by atoms with van der Waals surface area (Å²) in [6.07, 6.45) is 0.829. The van der Waals surface area contributed by atoms with Crippen LogP contribution in [-0.2, 0) is 4.79 Å². The van der Waals surface area contributed by atoms with E-state index in [1.54, 1.807) is 23.9 Å². The highest BCUT2D eigenvalue weighted by Gasteiger charge is 2.25. The summed E-state index contributed by atoms with van der Waals surface area (Å²) in [6.45, 7) is 1.90. The van der Waals surface area contributed by atoms with Crippen LogP contribution in [0.2, 0.25) is 0 Å². The molecule has 5 heteroatoms. The maximum absolute atomic E-state index is 13.5. The number of hydrogen-bond donors (Lipinski definition) is 1. The van der Waals surface area contributed by atoms with Crippen LogP contribution < -0.4 is 5.32 Å². The number of nitrogens with one attached hydrogen (secondary N) is 1. The topological polar surface area (TPSA) is 29.1 Å². The molecule has 2 aromatic rings. The molecule has 1 aliphatic rings. The number of thioether (sulfide) groups is 2. The predicted octanol–water partition coefficient (Wildman–Crippen LogP) is 4.66. The van der Waals surface area contributed by atoms with E-state index in [1.807, 2.05) is 37.3 Å². The fourth-order valence-corrected chi connectivity index (χ4v) is 4.56. The van der Waals surface area contributed by atoms with Crippen LogP contribution in [0.4, 0.5) is 4.39 Å². The molecule has 2 nitrogen and oxygen atoms in total. The second-order valence-corrected chi connectivity index (χ2v) is 8.00. The zero-order chi connectivity index (χ0) is 16.2. The summed E-state index contributed by atoms with van der Waals surface area (Å²) in [6, 6.07) is 14.6. The van der Waals surface area contributed by atoms with Crippen molar-refractivity contribution in [3.63, 3.8) is 0 Å². The molecule has 0 bridgehead atoms. The molecule has 1 N–H and O–H groups in total. The third-order valence-electron chi connectivity index (χ3n) is 3.75. The van der Waals surface area contributed by atoms with E-state index in [9.17, 15) is 9.18 Å². The molecule has 3 rings (SSSR count). The van der Waals surface area contributed by atoms with Crippen molar-refractivity contribution in [2.45, 2.75) is 34.4 Å². The molecule has 2 unspecified atom stereocenters. The van der Waals surface area contributed by atoms with Crippen LogP contribution in [0.15, 0.2) is 58.3 Å². The first-order chi connectivity index (χ1) is 11.1. The minimum absolute atomic E-state index is 0.00837. The van der Waals surface area contributed by atoms with Crippen LogP contribution in [-0.4, -0.2) is 16.9 Å². The fraction of sp³-hybridized carbons (Fsp3) is 0.278. The molecule has 0 aliphatic carbocycles. The molecule has 0 radical (unpaired) electrons. The lowest BCUT2D eigenvalue weighted by atomic mass is 10.0. The Kier molecular flexibility index (Phi) is 5.28. The summed E-state index contributed by atoms with van der Waals surface area (Å²) in [7, 11) is 0. The molecule has 1 heterocycles. The van der Waals surface area contributed by atoms with Gasteiger partial charge in [0.25, 0.3) is 0 Å². The highest BCUT2D eigenvalue weighted by Crippen LogP contribution is 2.36. The van der Waals surface area contributed by atoms with Gasteiger partial charge in [0, 0.05) is 15.5 Å². The summed E-state index contributed by atoms with van der Waals surface area (Å²) < 4.78 is 13.5. The molecule has 1 aliphatic heterocycles. The van der Waals surface area contributed by atoms with E-state index in [2.05, 4.69) is 5.32 Å². The van der Waals surface area contributed by atoms with Gasteiger partial charge < -0.3 is 5.32 Å². The summed E-state index contributed by atoms with van der Waals surface area (Å²) in [5, 5.41) is 2.89. The lowest BCUT2D eigenvalue weighted by Crippen LogP contribution is -2.35. The zero-order valence-electron chi connectivity index (χ0n) is 12.8. The van der Waals surface area contributed by atoms with E-state index < -0.39 is 0 Å². The first kappa shape index (κ1) is 16.4. The minimum atomic E-state index is -0.253. The Labute approximate surface area is 144 Å². The van der Waals surface area contributed by atoms with Crippen molar-refractivity contribution in [1.29, 1.82) is 0 Å². The lowest BCUT2D eigenvalue weighted by Gasteiger charge is -2.27. The first-order valence-corrected chi connectivity index (χ1v) is 9.44. The van der Waals surface area contributed by atoms with Gasteiger partial charge >= 0.3 is 0 Å². The molecule has 2 aromatic carbocycles. The van der Waals surface area contributed by atoms with E-state index in [0.29, 0.717) is 0 Å². The third-order valence-corrected chi connectivity index (χ3v) is 5.99. The molecular formula is C18H18FNOS2. The predicted molar refractivity (Wildman–Crippen MR) is 94.4 cm³/mol. The van der Waals surface area contributed by atoms with Gasteiger partial charge in [0.2, 0.25) is 5.91 Å². The normalized spacial score (nSPS) is 18.1. The standard InChI is InChI=1S/C18H18FNOS2/c1-12(23-14-5-3-2-4-6-14)18(21)20-16-9-10-22-17-8-7-13(19)11-15(16)17/h2-8,11-12,16H,9-10H2,1H3,(H,20,21). The Balaban J connectivity index is 1.68. The summed E-state index contributed by atoms with van der Waals surface area (Å²) in [5.41, 5.74) is 0.895. The first-order valence-electron chi connectivity index (χ1n) is 7.58. The van der Waals surface area contributed by atoms with E-state index >= 15 is 0 Å². The molecule has 0 spiro atoms. The van der Waals surface area contributed by atoms with Crippen molar-refractivity contribution >= 4 is 29.4 Å². The minimum Gasteiger partial charge on any atom is -0.348 e. The van der Waals surface area contributed by atoms with E-state index in [4.69, 9.17) is 0 Å². The highest BCUT2D eigenvalue weighted by atomic mass is 32.2. The maximum Gasteiger partial charge on any atom is 0.233 e. The van der Waals surface area contributed by atoms with Gasteiger partial charge in [-0.3, -0.25) is 4.79 Å². The number of fused-ring (bicyclic) bond motifs is 1. The molecule has 1 amide bonds. The molecule has 0 fully saturated rings. The van der Waals surface area contributed by atoms with Gasteiger partial charge in [-0.2, -0.15) is 0 Å². The average Bonchev–Trinajstić information content (AvgIpc) is 2.56. The number of carbonyl (C=O) groups is 1. The summed E-state index contributed by atoms with van der Waals surface area (Å²) in [4.78, 5) is 14.6. The molecule has 0 saturated carbocycles. The second-order valence-electron chi connectivity index (χ2n) is 5.45. The smallest absolute Gasteiger partial charge is 0.233 e. The summed E-state index contributed by atoms with van der Waals surface area (Å²) in [5.74, 6) is 0.673. The van der Waals surface area contributed by atoms with Crippen LogP contribution in [0, 0.1) is 5.82 Å². The van der Waals surface area contributed by atoms with Crippen molar-refractivity contribution in [3.8, 4) is 0 Å². The van der Waals surface area contributed by atoms with Gasteiger partial charge in [-0.05, 0) is 49.2 Å². The largest absolute Gasteiger partial charge is 0.348 e. The van der Waals surface area contributed by atoms with Gasteiger partial charge in [0.1, 0.15) is 5.82 Å². The fourth-order valence-electron chi connectivity index (χ4n) is 2.56. The van der Waals surface area contributed by atoms with Crippen LogP contribution in [0.3, 0.4) is 0 Å².